The van der Waals surface area contributed by atoms with Crippen molar-refractivity contribution in [2.45, 2.75) is 52.6 Å². The van der Waals surface area contributed by atoms with Gasteiger partial charge in [-0.05, 0) is 50.2 Å². The van der Waals surface area contributed by atoms with Gasteiger partial charge in [-0.25, -0.2) is 0 Å². The van der Waals surface area contributed by atoms with Gasteiger partial charge in [-0.3, -0.25) is 0 Å². The molecule has 0 saturated heterocycles. The molecule has 0 spiro atoms. The molecule has 0 bridgehead atoms. The van der Waals surface area contributed by atoms with Gasteiger partial charge in [0.15, 0.2) is 0 Å². The zero-order valence-electron chi connectivity index (χ0n) is 10.8. The minimum Gasteiger partial charge on any atom is -0.389 e. The summed E-state index contributed by atoms with van der Waals surface area (Å²) in [4.78, 5) is 0. The minimum absolute atomic E-state index is 0.142. The van der Waals surface area contributed by atoms with E-state index in [4.69, 9.17) is 0 Å². The van der Waals surface area contributed by atoms with Crippen molar-refractivity contribution in [3.05, 3.63) is 34.9 Å². The highest BCUT2D eigenvalue weighted by atomic mass is 16.3. The van der Waals surface area contributed by atoms with E-state index >= 15 is 0 Å². The van der Waals surface area contributed by atoms with Gasteiger partial charge in [0, 0.05) is 6.42 Å². The summed E-state index contributed by atoms with van der Waals surface area (Å²) in [6.45, 7) is 8.41. The predicted molar refractivity (Wildman–Crippen MR) is 67.6 cm³/mol. The third kappa shape index (κ3) is 2.01. The Hall–Kier alpha value is -0.820. The summed E-state index contributed by atoms with van der Waals surface area (Å²) >= 11 is 0. The van der Waals surface area contributed by atoms with Crippen molar-refractivity contribution in [2.24, 2.45) is 5.41 Å². The molecule has 1 saturated carbocycles. The van der Waals surface area contributed by atoms with Crippen LogP contribution in [0.4, 0.5) is 0 Å². The molecule has 1 unspecified atom stereocenters. The molecule has 0 aromatic heterocycles. The van der Waals surface area contributed by atoms with Gasteiger partial charge in [0.05, 0.1) is 5.60 Å². The van der Waals surface area contributed by atoms with Gasteiger partial charge < -0.3 is 5.11 Å². The molecule has 0 heterocycles. The predicted octanol–water partition coefficient (Wildman–Crippen LogP) is 3.40. The maximum absolute atomic E-state index is 10.6. The fourth-order valence-corrected chi connectivity index (χ4v) is 2.30. The highest BCUT2D eigenvalue weighted by Gasteiger charge is 2.51. The molecule has 1 aliphatic rings. The molecule has 88 valence electrons. The van der Waals surface area contributed by atoms with Gasteiger partial charge in [0.1, 0.15) is 0 Å². The Morgan fingerprint density at radius 3 is 2.50 bits per heavy atom. The molecule has 1 heteroatoms. The lowest BCUT2D eigenvalue weighted by Gasteiger charge is -2.31. The van der Waals surface area contributed by atoms with Crippen LogP contribution in [0.5, 0.6) is 0 Å². The Morgan fingerprint density at radius 1 is 1.31 bits per heavy atom. The largest absolute Gasteiger partial charge is 0.389 e. The standard InChI is InChI=1S/C15H22O/c1-11-5-6-12(2)13(9-11)10-15(4,16)14(3)7-8-14/h5-6,9,16H,7-8,10H2,1-4H3. The Kier molecular flexibility index (Phi) is 2.62. The first-order valence-corrected chi connectivity index (χ1v) is 6.13. The molecule has 1 aliphatic carbocycles. The molecule has 1 fully saturated rings. The molecule has 0 aliphatic heterocycles. The topological polar surface area (TPSA) is 20.2 Å². The SMILES string of the molecule is Cc1ccc(C)c(CC(C)(O)C2(C)CC2)c1. The highest BCUT2D eigenvalue weighted by Crippen LogP contribution is 2.54. The third-order valence-electron chi connectivity index (χ3n) is 4.34. The molecule has 0 radical (unpaired) electrons. The summed E-state index contributed by atoms with van der Waals surface area (Å²) in [7, 11) is 0. The Morgan fingerprint density at radius 2 is 1.94 bits per heavy atom. The first-order valence-electron chi connectivity index (χ1n) is 6.13. The summed E-state index contributed by atoms with van der Waals surface area (Å²) in [6.07, 6.45) is 3.09. The second-order valence-corrected chi connectivity index (χ2v) is 5.94. The smallest absolute Gasteiger partial charge is 0.0713 e. The van der Waals surface area contributed by atoms with Crippen molar-refractivity contribution in [3.63, 3.8) is 0 Å². The second-order valence-electron chi connectivity index (χ2n) is 5.94. The van der Waals surface area contributed by atoms with E-state index in [-0.39, 0.29) is 5.41 Å². The minimum atomic E-state index is -0.564. The van der Waals surface area contributed by atoms with Crippen LogP contribution in [0.15, 0.2) is 18.2 Å². The van der Waals surface area contributed by atoms with E-state index < -0.39 is 5.60 Å². The van der Waals surface area contributed by atoms with Gasteiger partial charge in [0.25, 0.3) is 0 Å². The first kappa shape index (κ1) is 11.7. The third-order valence-corrected chi connectivity index (χ3v) is 4.34. The zero-order valence-corrected chi connectivity index (χ0v) is 10.8. The van der Waals surface area contributed by atoms with Crippen LogP contribution < -0.4 is 0 Å². The molecule has 1 aromatic carbocycles. The Balaban J connectivity index is 2.23. The molecule has 2 rings (SSSR count). The van der Waals surface area contributed by atoms with Crippen LogP contribution in [0.1, 0.15) is 43.4 Å². The molecule has 1 N–H and O–H groups in total. The quantitative estimate of drug-likeness (QED) is 0.824. The van der Waals surface area contributed by atoms with Crippen molar-refractivity contribution in [1.29, 1.82) is 0 Å². The van der Waals surface area contributed by atoms with E-state index in [1.807, 2.05) is 6.92 Å². The first-order chi connectivity index (χ1) is 7.34. The van der Waals surface area contributed by atoms with Crippen LogP contribution in [0, 0.1) is 19.3 Å². The fourth-order valence-electron chi connectivity index (χ4n) is 2.30. The summed E-state index contributed by atoms with van der Waals surface area (Å²) in [5.74, 6) is 0. The van der Waals surface area contributed by atoms with Gasteiger partial charge in [-0.1, -0.05) is 30.7 Å². The number of hydrogen-bond acceptors (Lipinski definition) is 1. The molecule has 1 aromatic rings. The van der Waals surface area contributed by atoms with Gasteiger partial charge >= 0.3 is 0 Å². The van der Waals surface area contributed by atoms with Crippen molar-refractivity contribution < 1.29 is 5.11 Å². The molecule has 16 heavy (non-hydrogen) atoms. The van der Waals surface area contributed by atoms with E-state index in [1.54, 1.807) is 0 Å². The molecule has 1 nitrogen and oxygen atoms in total. The zero-order chi connectivity index (χ0) is 12.0. The lowest BCUT2D eigenvalue weighted by Crippen LogP contribution is -2.37. The van der Waals surface area contributed by atoms with Gasteiger partial charge in [0.2, 0.25) is 0 Å². The fraction of sp³-hybridized carbons (Fsp3) is 0.600. The molecule has 0 amide bonds. The maximum atomic E-state index is 10.6. The lowest BCUT2D eigenvalue weighted by molar-refractivity contribution is -0.00714. The number of benzene rings is 1. The number of rotatable bonds is 3. The Labute approximate surface area is 98.5 Å². The number of aliphatic hydroxyl groups is 1. The molecular weight excluding hydrogens is 196 g/mol. The summed E-state index contributed by atoms with van der Waals surface area (Å²) < 4.78 is 0. The van der Waals surface area contributed by atoms with E-state index in [9.17, 15) is 5.11 Å². The molecular formula is C15H22O. The lowest BCUT2D eigenvalue weighted by atomic mass is 9.81. The van der Waals surface area contributed by atoms with Gasteiger partial charge in [-0.2, -0.15) is 0 Å². The van der Waals surface area contributed by atoms with E-state index in [0.29, 0.717) is 0 Å². The summed E-state index contributed by atoms with van der Waals surface area (Å²) in [5, 5.41) is 10.6. The van der Waals surface area contributed by atoms with Crippen LogP contribution in [0.2, 0.25) is 0 Å². The average molecular weight is 218 g/mol. The van der Waals surface area contributed by atoms with Crippen LogP contribution in [-0.2, 0) is 6.42 Å². The van der Waals surface area contributed by atoms with E-state index in [1.165, 1.54) is 16.7 Å². The maximum Gasteiger partial charge on any atom is 0.0713 e. The van der Waals surface area contributed by atoms with Crippen molar-refractivity contribution in [1.82, 2.24) is 0 Å². The normalized spacial score (nSPS) is 21.6. The van der Waals surface area contributed by atoms with Crippen LogP contribution in [0.3, 0.4) is 0 Å². The highest BCUT2D eigenvalue weighted by molar-refractivity contribution is 5.32. The van der Waals surface area contributed by atoms with Crippen molar-refractivity contribution in [3.8, 4) is 0 Å². The monoisotopic (exact) mass is 218 g/mol. The van der Waals surface area contributed by atoms with Crippen LogP contribution in [0.25, 0.3) is 0 Å². The number of hydrogen-bond donors (Lipinski definition) is 1. The average Bonchev–Trinajstić information content (AvgIpc) is 2.91. The second kappa shape index (κ2) is 3.59. The van der Waals surface area contributed by atoms with Crippen molar-refractivity contribution in [2.75, 3.05) is 0 Å². The van der Waals surface area contributed by atoms with Crippen LogP contribution in [-0.4, -0.2) is 10.7 Å². The van der Waals surface area contributed by atoms with E-state index in [0.717, 1.165) is 19.3 Å². The Bertz CT molecular complexity index is 400. The van der Waals surface area contributed by atoms with E-state index in [2.05, 4.69) is 39.0 Å². The molecule has 1 atom stereocenters. The van der Waals surface area contributed by atoms with Crippen LogP contribution >= 0.6 is 0 Å². The number of aryl methyl sites for hydroxylation is 2. The summed E-state index contributed by atoms with van der Waals surface area (Å²) in [5.41, 5.74) is 3.43. The summed E-state index contributed by atoms with van der Waals surface area (Å²) in [6, 6.07) is 6.48. The van der Waals surface area contributed by atoms with Gasteiger partial charge in [-0.15, -0.1) is 0 Å². The van der Waals surface area contributed by atoms with Crippen molar-refractivity contribution >= 4 is 0 Å².